The third kappa shape index (κ3) is 5.90. The number of hydrogen-bond donors (Lipinski definition) is 0. The van der Waals surface area contributed by atoms with Gasteiger partial charge in [-0.05, 0) is 54.8 Å². The molecule has 0 aliphatic rings. The van der Waals surface area contributed by atoms with Gasteiger partial charge in [0.25, 0.3) is 0 Å². The summed E-state index contributed by atoms with van der Waals surface area (Å²) in [6, 6.07) is 25.3. The molecular formula is C22H23O4P. The monoisotopic (exact) mass is 382 g/mol. The van der Waals surface area contributed by atoms with Crippen molar-refractivity contribution in [1.29, 1.82) is 0 Å². The number of hydrogen-bond acceptors (Lipinski definition) is 4. The first-order chi connectivity index (χ1) is 13.2. The van der Waals surface area contributed by atoms with Gasteiger partial charge >= 0.3 is 7.82 Å². The fraction of sp³-hybridized carbons (Fsp3) is 0.182. The third-order valence-corrected chi connectivity index (χ3v) is 5.16. The molecule has 3 aromatic carbocycles. The van der Waals surface area contributed by atoms with Crippen LogP contribution in [0.25, 0.3) is 0 Å². The molecule has 0 saturated heterocycles. The highest BCUT2D eigenvalue weighted by Crippen LogP contribution is 2.49. The largest absolute Gasteiger partial charge is 0.647 e. The Labute approximate surface area is 160 Å². The van der Waals surface area contributed by atoms with Crippen LogP contribution >= 0.6 is 7.82 Å². The Morgan fingerprint density at radius 3 is 1.78 bits per heavy atom. The summed E-state index contributed by atoms with van der Waals surface area (Å²) in [6.07, 6.45) is 3.14. The second-order valence-electron chi connectivity index (χ2n) is 6.10. The summed E-state index contributed by atoms with van der Waals surface area (Å²) in [5, 5.41) is 0. The predicted molar refractivity (Wildman–Crippen MR) is 107 cm³/mol. The van der Waals surface area contributed by atoms with E-state index in [-0.39, 0.29) is 0 Å². The van der Waals surface area contributed by atoms with Gasteiger partial charge in [0.2, 0.25) is 0 Å². The van der Waals surface area contributed by atoms with E-state index in [1.807, 2.05) is 30.3 Å². The van der Waals surface area contributed by atoms with Gasteiger partial charge in [0.1, 0.15) is 17.2 Å². The van der Waals surface area contributed by atoms with Crippen LogP contribution in [0, 0.1) is 0 Å². The van der Waals surface area contributed by atoms with Gasteiger partial charge in [0, 0.05) is 0 Å². The van der Waals surface area contributed by atoms with E-state index in [9.17, 15) is 4.57 Å². The third-order valence-electron chi connectivity index (χ3n) is 3.86. The second-order valence-corrected chi connectivity index (χ2v) is 7.54. The van der Waals surface area contributed by atoms with Gasteiger partial charge < -0.3 is 13.6 Å². The summed E-state index contributed by atoms with van der Waals surface area (Å²) in [7, 11) is -3.93. The first-order valence-electron chi connectivity index (χ1n) is 9.05. The summed E-state index contributed by atoms with van der Waals surface area (Å²) in [4.78, 5) is 0. The second kappa shape index (κ2) is 9.29. The maximum absolute atomic E-state index is 13.4. The number of para-hydroxylation sites is 2. The van der Waals surface area contributed by atoms with Gasteiger partial charge in [0.15, 0.2) is 0 Å². The van der Waals surface area contributed by atoms with E-state index in [0.717, 1.165) is 24.8 Å². The highest BCUT2D eigenvalue weighted by atomic mass is 31.2. The maximum Gasteiger partial charge on any atom is 0.647 e. The number of unbranched alkanes of at least 4 members (excludes halogenated alkanes) is 1. The van der Waals surface area contributed by atoms with Crippen molar-refractivity contribution in [1.82, 2.24) is 0 Å². The highest BCUT2D eigenvalue weighted by Gasteiger charge is 2.33. The molecule has 0 aliphatic heterocycles. The minimum absolute atomic E-state index is 0.416. The molecule has 5 heteroatoms. The quantitative estimate of drug-likeness (QED) is 0.388. The van der Waals surface area contributed by atoms with Crippen molar-refractivity contribution in [3.63, 3.8) is 0 Å². The average Bonchev–Trinajstić information content (AvgIpc) is 2.68. The SMILES string of the molecule is CCCCc1cccc(OP(=O)(Oc2ccccc2)Oc2ccccc2)c1. The van der Waals surface area contributed by atoms with Crippen LogP contribution in [-0.2, 0) is 11.0 Å². The van der Waals surface area contributed by atoms with Crippen LogP contribution in [0.1, 0.15) is 25.3 Å². The van der Waals surface area contributed by atoms with Crippen molar-refractivity contribution < 1.29 is 18.1 Å². The van der Waals surface area contributed by atoms with E-state index in [0.29, 0.717) is 17.2 Å². The molecule has 0 fully saturated rings. The lowest BCUT2D eigenvalue weighted by Crippen LogP contribution is -2.07. The molecule has 0 heterocycles. The number of rotatable bonds is 9. The summed E-state index contributed by atoms with van der Waals surface area (Å²) in [5.41, 5.74) is 1.13. The molecule has 0 unspecified atom stereocenters. The van der Waals surface area contributed by atoms with Crippen molar-refractivity contribution in [3.8, 4) is 17.2 Å². The van der Waals surface area contributed by atoms with Crippen LogP contribution < -0.4 is 13.6 Å². The maximum atomic E-state index is 13.4. The molecule has 0 bridgehead atoms. The van der Waals surface area contributed by atoms with Gasteiger partial charge in [-0.15, -0.1) is 0 Å². The van der Waals surface area contributed by atoms with Crippen LogP contribution in [-0.4, -0.2) is 0 Å². The number of benzene rings is 3. The zero-order valence-electron chi connectivity index (χ0n) is 15.3. The molecule has 140 valence electrons. The minimum Gasteiger partial charge on any atom is -0.386 e. The molecule has 4 nitrogen and oxygen atoms in total. The Kier molecular flexibility index (Phi) is 6.56. The predicted octanol–water partition coefficient (Wildman–Crippen LogP) is 6.67. The highest BCUT2D eigenvalue weighted by molar-refractivity contribution is 7.49. The number of phosphoric acid groups is 1. The Balaban J connectivity index is 1.84. The summed E-state index contributed by atoms with van der Waals surface area (Å²) in [5.74, 6) is 1.29. The van der Waals surface area contributed by atoms with Crippen molar-refractivity contribution in [3.05, 3.63) is 90.5 Å². The van der Waals surface area contributed by atoms with Crippen molar-refractivity contribution in [2.75, 3.05) is 0 Å². The normalized spacial score (nSPS) is 11.0. The number of aryl methyl sites for hydroxylation is 1. The van der Waals surface area contributed by atoms with E-state index in [4.69, 9.17) is 13.6 Å². The Hall–Kier alpha value is -2.71. The van der Waals surface area contributed by atoms with Crippen molar-refractivity contribution in [2.24, 2.45) is 0 Å². The van der Waals surface area contributed by atoms with Gasteiger partial charge in [0.05, 0.1) is 0 Å². The average molecular weight is 382 g/mol. The summed E-state index contributed by atoms with van der Waals surface area (Å²) < 4.78 is 30.4. The summed E-state index contributed by atoms with van der Waals surface area (Å²) in [6.45, 7) is 2.15. The van der Waals surface area contributed by atoms with Gasteiger partial charge in [-0.3, -0.25) is 0 Å². The van der Waals surface area contributed by atoms with E-state index in [2.05, 4.69) is 6.92 Å². The molecule has 0 spiro atoms. The van der Waals surface area contributed by atoms with E-state index >= 15 is 0 Å². The topological polar surface area (TPSA) is 44.8 Å². The smallest absolute Gasteiger partial charge is 0.386 e. The molecule has 3 rings (SSSR count). The molecule has 0 radical (unpaired) electrons. The van der Waals surface area contributed by atoms with Crippen LogP contribution in [0.15, 0.2) is 84.9 Å². The van der Waals surface area contributed by atoms with Crippen LogP contribution in [0.5, 0.6) is 17.2 Å². The van der Waals surface area contributed by atoms with Gasteiger partial charge in [-0.1, -0.05) is 61.9 Å². The molecule has 0 aliphatic carbocycles. The first-order valence-corrected chi connectivity index (χ1v) is 10.5. The van der Waals surface area contributed by atoms with Crippen molar-refractivity contribution in [2.45, 2.75) is 26.2 Å². The minimum atomic E-state index is -3.93. The molecule has 0 atom stereocenters. The zero-order valence-corrected chi connectivity index (χ0v) is 16.2. The first kappa shape index (κ1) is 19.1. The lowest BCUT2D eigenvalue weighted by molar-refractivity contribution is 0.298. The lowest BCUT2D eigenvalue weighted by atomic mass is 10.1. The van der Waals surface area contributed by atoms with Crippen LogP contribution in [0.3, 0.4) is 0 Å². The zero-order chi connectivity index (χ0) is 19.0. The molecule has 27 heavy (non-hydrogen) atoms. The molecule has 0 aromatic heterocycles. The van der Waals surface area contributed by atoms with E-state index < -0.39 is 7.82 Å². The van der Waals surface area contributed by atoms with E-state index in [1.165, 1.54) is 0 Å². The number of phosphoric ester groups is 1. The standard InChI is InChI=1S/C22H23O4P/c1-2-3-11-19-12-10-17-22(18-19)26-27(23,24-20-13-6-4-7-14-20)25-21-15-8-5-9-16-21/h4-10,12-18H,2-3,11H2,1H3. The van der Waals surface area contributed by atoms with Gasteiger partial charge in [-0.2, -0.15) is 4.57 Å². The molecular weight excluding hydrogens is 359 g/mol. The summed E-state index contributed by atoms with van der Waals surface area (Å²) >= 11 is 0. The molecule has 3 aromatic rings. The Bertz CT molecular complexity index is 836. The molecule has 0 amide bonds. The fourth-order valence-electron chi connectivity index (χ4n) is 2.54. The fourth-order valence-corrected chi connectivity index (χ4v) is 3.79. The molecule has 0 N–H and O–H groups in total. The lowest BCUT2D eigenvalue weighted by Gasteiger charge is -2.19. The van der Waals surface area contributed by atoms with Crippen LogP contribution in [0.4, 0.5) is 0 Å². The van der Waals surface area contributed by atoms with Gasteiger partial charge in [-0.25, -0.2) is 0 Å². The van der Waals surface area contributed by atoms with E-state index in [1.54, 1.807) is 54.6 Å². The van der Waals surface area contributed by atoms with Crippen LogP contribution in [0.2, 0.25) is 0 Å². The molecule has 0 saturated carbocycles. The van der Waals surface area contributed by atoms with Crippen molar-refractivity contribution >= 4 is 7.82 Å². The Morgan fingerprint density at radius 2 is 1.22 bits per heavy atom. The Morgan fingerprint density at radius 1 is 0.704 bits per heavy atom.